The molecule has 0 atom stereocenters. The van der Waals surface area contributed by atoms with Gasteiger partial charge in [0.25, 0.3) is 10.0 Å². The minimum Gasteiger partial charge on any atom is -0.506 e. The maximum atomic E-state index is 12.9. The molecule has 27 heavy (non-hydrogen) atoms. The van der Waals surface area contributed by atoms with Crippen LogP contribution in [0.5, 0.6) is 11.5 Å². The van der Waals surface area contributed by atoms with Crippen LogP contribution in [-0.4, -0.2) is 31.7 Å². The molecule has 0 saturated heterocycles. The number of halogens is 1. The lowest BCUT2D eigenvalue weighted by Crippen LogP contribution is -2.15. The molecule has 0 fully saturated rings. The van der Waals surface area contributed by atoms with Gasteiger partial charge < -0.3 is 14.9 Å². The number of carbonyl (C=O) groups is 1. The third-order valence-corrected chi connectivity index (χ3v) is 5.85. The fourth-order valence-corrected chi connectivity index (χ4v) is 4.27. The first-order valence-electron chi connectivity index (χ1n) is 8.12. The van der Waals surface area contributed by atoms with Crippen molar-refractivity contribution in [2.24, 2.45) is 0 Å². The molecular formula is C18H20BrNO6S. The van der Waals surface area contributed by atoms with Gasteiger partial charge in [-0.05, 0) is 48.2 Å². The van der Waals surface area contributed by atoms with Crippen molar-refractivity contribution in [3.05, 3.63) is 45.4 Å². The highest BCUT2D eigenvalue weighted by molar-refractivity contribution is 9.10. The number of phenols is 2. The van der Waals surface area contributed by atoms with Crippen LogP contribution in [0.15, 0.2) is 33.6 Å². The minimum absolute atomic E-state index is 0.0397. The highest BCUT2D eigenvalue weighted by atomic mass is 79.9. The number of hydrogen-bond acceptors (Lipinski definition) is 6. The van der Waals surface area contributed by atoms with Gasteiger partial charge in [0.1, 0.15) is 16.2 Å². The standard InChI is InChI=1S/C18H20BrNO6S/c1-4-10-6-13(18(23)26-3)17(22)15(7-10)27(24,25)20-14-9-12(19)8-11(5-2)16(14)21/h6-9,20-22H,4-5H2,1-3H3. The van der Waals surface area contributed by atoms with Gasteiger partial charge in [0.15, 0.2) is 5.75 Å². The van der Waals surface area contributed by atoms with Gasteiger partial charge in [-0.3, -0.25) is 4.72 Å². The fraction of sp³-hybridized carbons (Fsp3) is 0.278. The maximum absolute atomic E-state index is 12.9. The van der Waals surface area contributed by atoms with Crippen LogP contribution >= 0.6 is 15.9 Å². The summed E-state index contributed by atoms with van der Waals surface area (Å²) < 4.78 is 33.2. The van der Waals surface area contributed by atoms with Gasteiger partial charge in [0, 0.05) is 4.47 Å². The quantitative estimate of drug-likeness (QED) is 0.451. The molecule has 0 amide bonds. The number of hydrogen-bond donors (Lipinski definition) is 3. The van der Waals surface area contributed by atoms with E-state index in [0.29, 0.717) is 28.4 Å². The molecule has 2 rings (SSSR count). The lowest BCUT2D eigenvalue weighted by Gasteiger charge is -2.15. The van der Waals surface area contributed by atoms with E-state index in [9.17, 15) is 23.4 Å². The topological polar surface area (TPSA) is 113 Å². The van der Waals surface area contributed by atoms with Gasteiger partial charge in [0.05, 0.1) is 12.8 Å². The number of esters is 1. The van der Waals surface area contributed by atoms with Crippen LogP contribution in [0.3, 0.4) is 0 Å². The molecule has 7 nitrogen and oxygen atoms in total. The van der Waals surface area contributed by atoms with E-state index in [1.807, 2.05) is 6.92 Å². The molecular weight excluding hydrogens is 438 g/mol. The number of anilines is 1. The van der Waals surface area contributed by atoms with Gasteiger partial charge >= 0.3 is 5.97 Å². The highest BCUT2D eigenvalue weighted by Crippen LogP contribution is 2.36. The number of ether oxygens (including phenoxy) is 1. The summed E-state index contributed by atoms with van der Waals surface area (Å²) in [4.78, 5) is 11.4. The van der Waals surface area contributed by atoms with Gasteiger partial charge in [0.2, 0.25) is 0 Å². The molecule has 0 aliphatic heterocycles. The van der Waals surface area contributed by atoms with Crippen LogP contribution in [0.25, 0.3) is 0 Å². The number of nitrogens with one attached hydrogen (secondary N) is 1. The van der Waals surface area contributed by atoms with Gasteiger partial charge in [-0.25, -0.2) is 13.2 Å². The molecule has 0 bridgehead atoms. The van der Waals surface area contributed by atoms with E-state index in [0.717, 1.165) is 7.11 Å². The predicted octanol–water partition coefficient (Wildman–Crippen LogP) is 3.57. The highest BCUT2D eigenvalue weighted by Gasteiger charge is 2.26. The summed E-state index contributed by atoms with van der Waals surface area (Å²) in [5.74, 6) is -1.77. The molecule has 0 aliphatic carbocycles. The maximum Gasteiger partial charge on any atom is 0.341 e. The first-order valence-corrected chi connectivity index (χ1v) is 10.4. The number of benzene rings is 2. The third-order valence-electron chi connectivity index (χ3n) is 4.02. The van der Waals surface area contributed by atoms with Crippen LogP contribution in [0.1, 0.15) is 35.3 Å². The number of rotatable bonds is 6. The number of sulfonamides is 1. The number of methoxy groups -OCH3 is 1. The Balaban J connectivity index is 2.61. The Kier molecular flexibility index (Phi) is 6.38. The Hall–Kier alpha value is -2.26. The summed E-state index contributed by atoms with van der Waals surface area (Å²) in [5.41, 5.74) is 0.789. The average molecular weight is 458 g/mol. The van der Waals surface area contributed by atoms with Crippen LogP contribution in [0.4, 0.5) is 5.69 Å². The van der Waals surface area contributed by atoms with E-state index in [-0.39, 0.29) is 17.0 Å². The zero-order chi connectivity index (χ0) is 20.4. The zero-order valence-electron chi connectivity index (χ0n) is 15.0. The first kappa shape index (κ1) is 21.0. The van der Waals surface area contributed by atoms with Crippen LogP contribution < -0.4 is 4.72 Å². The largest absolute Gasteiger partial charge is 0.506 e. The lowest BCUT2D eigenvalue weighted by atomic mass is 10.1. The Morgan fingerprint density at radius 1 is 1.11 bits per heavy atom. The SMILES string of the molecule is CCc1cc(C(=O)OC)c(O)c(S(=O)(=O)Nc2cc(Br)cc(CC)c2O)c1. The van der Waals surface area contributed by atoms with Gasteiger partial charge in [-0.15, -0.1) is 0 Å². The van der Waals surface area contributed by atoms with Gasteiger partial charge in [-0.2, -0.15) is 0 Å². The predicted molar refractivity (Wildman–Crippen MR) is 105 cm³/mol. The van der Waals surface area contributed by atoms with Gasteiger partial charge in [-0.1, -0.05) is 29.8 Å². The minimum atomic E-state index is -4.29. The molecule has 0 aliphatic rings. The molecule has 3 N–H and O–H groups in total. The van der Waals surface area contributed by atoms with Crippen molar-refractivity contribution in [1.82, 2.24) is 0 Å². The Morgan fingerprint density at radius 3 is 2.33 bits per heavy atom. The van der Waals surface area contributed by atoms with Crippen molar-refractivity contribution >= 4 is 37.6 Å². The van der Waals surface area contributed by atoms with E-state index in [2.05, 4.69) is 25.4 Å². The second kappa shape index (κ2) is 8.18. The van der Waals surface area contributed by atoms with Crippen molar-refractivity contribution in [2.45, 2.75) is 31.6 Å². The van der Waals surface area contributed by atoms with Crippen molar-refractivity contribution in [2.75, 3.05) is 11.8 Å². The van der Waals surface area contributed by atoms with Crippen LogP contribution in [-0.2, 0) is 27.6 Å². The Morgan fingerprint density at radius 2 is 1.78 bits per heavy atom. The number of aromatic hydroxyl groups is 2. The second-order valence-corrected chi connectivity index (χ2v) is 8.32. The Labute approximate surface area is 166 Å². The van der Waals surface area contributed by atoms with Crippen LogP contribution in [0, 0.1) is 0 Å². The molecule has 146 valence electrons. The first-order chi connectivity index (χ1) is 12.6. The van der Waals surface area contributed by atoms with E-state index in [1.54, 1.807) is 13.0 Å². The number of aryl methyl sites for hydroxylation is 2. The number of phenolic OH excluding ortho intramolecular Hbond substituents is 2. The molecule has 0 unspecified atom stereocenters. The summed E-state index contributed by atoms with van der Waals surface area (Å²) >= 11 is 3.27. The number of carbonyl (C=O) groups excluding carboxylic acids is 1. The third kappa shape index (κ3) is 4.36. The monoisotopic (exact) mass is 457 g/mol. The lowest BCUT2D eigenvalue weighted by molar-refractivity contribution is 0.0596. The van der Waals surface area contributed by atoms with E-state index in [4.69, 9.17) is 0 Å². The van der Waals surface area contributed by atoms with E-state index < -0.39 is 26.6 Å². The second-order valence-electron chi connectivity index (χ2n) is 5.76. The van der Waals surface area contributed by atoms with Crippen molar-refractivity contribution in [3.63, 3.8) is 0 Å². The zero-order valence-corrected chi connectivity index (χ0v) is 17.4. The molecule has 0 radical (unpaired) electrons. The normalized spacial score (nSPS) is 11.3. The summed E-state index contributed by atoms with van der Waals surface area (Å²) in [6.45, 7) is 3.60. The smallest absolute Gasteiger partial charge is 0.341 e. The van der Waals surface area contributed by atoms with E-state index in [1.165, 1.54) is 18.2 Å². The summed E-state index contributed by atoms with van der Waals surface area (Å²) in [6.07, 6.45) is 0.929. The van der Waals surface area contributed by atoms with Crippen LogP contribution in [0.2, 0.25) is 0 Å². The molecule has 2 aromatic carbocycles. The Bertz CT molecular complexity index is 988. The molecule has 0 heterocycles. The molecule has 0 saturated carbocycles. The molecule has 2 aromatic rings. The summed E-state index contributed by atoms with van der Waals surface area (Å²) in [6, 6.07) is 5.75. The average Bonchev–Trinajstić information content (AvgIpc) is 2.63. The molecule has 9 heteroatoms. The molecule has 0 aromatic heterocycles. The molecule has 0 spiro atoms. The van der Waals surface area contributed by atoms with Crippen molar-refractivity contribution in [3.8, 4) is 11.5 Å². The summed E-state index contributed by atoms with van der Waals surface area (Å²) in [5, 5.41) is 20.6. The van der Waals surface area contributed by atoms with E-state index >= 15 is 0 Å². The van der Waals surface area contributed by atoms with Crippen molar-refractivity contribution < 1.29 is 28.2 Å². The summed E-state index contributed by atoms with van der Waals surface area (Å²) in [7, 11) is -3.16. The van der Waals surface area contributed by atoms with Crippen molar-refractivity contribution in [1.29, 1.82) is 0 Å². The fourth-order valence-electron chi connectivity index (χ4n) is 2.54.